The van der Waals surface area contributed by atoms with Gasteiger partial charge in [-0.3, -0.25) is 0 Å². The van der Waals surface area contributed by atoms with Gasteiger partial charge in [0, 0.05) is 19.2 Å². The summed E-state index contributed by atoms with van der Waals surface area (Å²) in [6.45, 7) is -1.82. The molecule has 1 aliphatic rings. The number of alkyl halides is 3. The number of nitrogens with one attached hydrogen (secondary N) is 1. The molecule has 1 aliphatic heterocycles. The highest BCUT2D eigenvalue weighted by molar-refractivity contribution is 5.85. The van der Waals surface area contributed by atoms with E-state index in [0.29, 0.717) is 0 Å². The molecule has 0 spiro atoms. The molecule has 10 heteroatoms. The molecule has 0 aromatic heterocycles. The first-order chi connectivity index (χ1) is 10.8. The SMILES string of the molecule is Cl.N#Cc1ccc(O[C@H]2CNC[C@@]2(O)CO)c(OCC(F)(F)F)c1. The average Bonchev–Trinajstić information content (AvgIpc) is 2.87. The highest BCUT2D eigenvalue weighted by Gasteiger charge is 2.43. The first kappa shape index (κ1) is 20.3. The van der Waals surface area contributed by atoms with Crippen LogP contribution in [0.2, 0.25) is 0 Å². The van der Waals surface area contributed by atoms with Crippen LogP contribution in [0.1, 0.15) is 5.56 Å². The van der Waals surface area contributed by atoms with E-state index in [1.165, 1.54) is 12.1 Å². The molecular formula is C14H16ClF3N2O4. The smallest absolute Gasteiger partial charge is 0.422 e. The third kappa shape index (κ3) is 4.88. The summed E-state index contributed by atoms with van der Waals surface area (Å²) in [5.74, 6) is -0.303. The summed E-state index contributed by atoms with van der Waals surface area (Å²) in [5.41, 5.74) is -1.44. The van der Waals surface area contributed by atoms with Crippen molar-refractivity contribution in [1.82, 2.24) is 5.32 Å². The maximum Gasteiger partial charge on any atom is 0.422 e. The van der Waals surface area contributed by atoms with E-state index in [1.54, 1.807) is 6.07 Å². The lowest BCUT2D eigenvalue weighted by Crippen LogP contribution is -2.48. The zero-order valence-corrected chi connectivity index (χ0v) is 13.2. The van der Waals surface area contributed by atoms with E-state index in [2.05, 4.69) is 5.32 Å². The van der Waals surface area contributed by atoms with Gasteiger partial charge in [0.15, 0.2) is 18.1 Å². The van der Waals surface area contributed by atoms with Gasteiger partial charge in [0.25, 0.3) is 0 Å². The molecule has 1 saturated heterocycles. The van der Waals surface area contributed by atoms with Crippen molar-refractivity contribution >= 4 is 12.4 Å². The number of hydrogen-bond acceptors (Lipinski definition) is 6. The Bertz CT molecular complexity index is 609. The van der Waals surface area contributed by atoms with Gasteiger partial charge in [-0.25, -0.2) is 0 Å². The van der Waals surface area contributed by atoms with Crippen LogP contribution in [-0.4, -0.2) is 54.4 Å². The van der Waals surface area contributed by atoms with Gasteiger partial charge in [-0.2, -0.15) is 18.4 Å². The van der Waals surface area contributed by atoms with E-state index in [1.807, 2.05) is 0 Å². The van der Waals surface area contributed by atoms with Crippen LogP contribution < -0.4 is 14.8 Å². The second-order valence-corrected chi connectivity index (χ2v) is 5.18. The first-order valence-electron chi connectivity index (χ1n) is 6.72. The molecule has 0 saturated carbocycles. The molecule has 1 aromatic carbocycles. The van der Waals surface area contributed by atoms with Gasteiger partial charge >= 0.3 is 6.18 Å². The van der Waals surface area contributed by atoms with E-state index >= 15 is 0 Å². The number of rotatable bonds is 5. The van der Waals surface area contributed by atoms with E-state index < -0.39 is 31.1 Å². The summed E-state index contributed by atoms with van der Waals surface area (Å²) in [6.07, 6.45) is -5.41. The van der Waals surface area contributed by atoms with Crippen molar-refractivity contribution in [1.29, 1.82) is 5.26 Å². The van der Waals surface area contributed by atoms with Gasteiger partial charge in [0.05, 0.1) is 18.2 Å². The number of halogens is 4. The van der Waals surface area contributed by atoms with Crippen LogP contribution >= 0.6 is 12.4 Å². The van der Waals surface area contributed by atoms with Crippen LogP contribution in [0.25, 0.3) is 0 Å². The van der Waals surface area contributed by atoms with Gasteiger partial charge in [-0.05, 0) is 12.1 Å². The van der Waals surface area contributed by atoms with Gasteiger partial charge in [-0.15, -0.1) is 12.4 Å². The average molecular weight is 369 g/mol. The monoisotopic (exact) mass is 368 g/mol. The lowest BCUT2D eigenvalue weighted by Gasteiger charge is -2.28. The second kappa shape index (κ2) is 7.90. The third-order valence-electron chi connectivity index (χ3n) is 3.37. The van der Waals surface area contributed by atoms with E-state index in [0.717, 1.165) is 6.07 Å². The number of hydrogen-bond donors (Lipinski definition) is 3. The summed E-state index contributed by atoms with van der Waals surface area (Å²) >= 11 is 0. The van der Waals surface area contributed by atoms with Crippen LogP contribution in [0, 0.1) is 11.3 Å². The molecular weight excluding hydrogens is 353 g/mol. The Kier molecular flexibility index (Phi) is 6.68. The molecule has 1 aromatic rings. The number of ether oxygens (including phenoxy) is 2. The summed E-state index contributed by atoms with van der Waals surface area (Å²) in [4.78, 5) is 0. The van der Waals surface area contributed by atoms with Gasteiger partial charge in [-0.1, -0.05) is 0 Å². The zero-order valence-electron chi connectivity index (χ0n) is 12.3. The fourth-order valence-corrected chi connectivity index (χ4v) is 2.13. The quantitative estimate of drug-likeness (QED) is 0.717. The van der Waals surface area contributed by atoms with Crippen LogP contribution in [-0.2, 0) is 0 Å². The van der Waals surface area contributed by atoms with Crippen molar-refractivity contribution in [3.05, 3.63) is 23.8 Å². The Hall–Kier alpha value is -1.73. The largest absolute Gasteiger partial charge is 0.482 e. The lowest BCUT2D eigenvalue weighted by atomic mass is 10.0. The zero-order chi connectivity index (χ0) is 17.1. The van der Waals surface area contributed by atoms with Crippen molar-refractivity contribution < 1.29 is 32.9 Å². The molecule has 24 heavy (non-hydrogen) atoms. The molecule has 2 rings (SSSR count). The summed E-state index contributed by atoms with van der Waals surface area (Å²) in [5, 5.41) is 31.1. The van der Waals surface area contributed by atoms with Crippen LogP contribution in [0.5, 0.6) is 11.5 Å². The van der Waals surface area contributed by atoms with E-state index in [4.69, 9.17) is 14.7 Å². The first-order valence-corrected chi connectivity index (χ1v) is 6.72. The summed E-state index contributed by atoms with van der Waals surface area (Å²) in [6, 6.07) is 5.57. The minimum absolute atomic E-state index is 0. The predicted octanol–water partition coefficient (Wildman–Crippen LogP) is 0.995. The Morgan fingerprint density at radius 2 is 2.08 bits per heavy atom. The van der Waals surface area contributed by atoms with Crippen LogP contribution in [0.4, 0.5) is 13.2 Å². The summed E-state index contributed by atoms with van der Waals surface area (Å²) in [7, 11) is 0. The molecule has 0 amide bonds. The number of β-amino-alcohol motifs (C(OH)–C–C–N with tert-alkyl or cyclic N) is 1. The normalized spacial score (nSPS) is 23.2. The second-order valence-electron chi connectivity index (χ2n) is 5.18. The molecule has 3 N–H and O–H groups in total. The van der Waals surface area contributed by atoms with Gasteiger partial charge < -0.3 is 25.0 Å². The molecule has 0 unspecified atom stereocenters. The van der Waals surface area contributed by atoms with Crippen molar-refractivity contribution in [3.8, 4) is 17.6 Å². The number of aliphatic hydroxyl groups is 2. The highest BCUT2D eigenvalue weighted by atomic mass is 35.5. The number of nitriles is 1. The Morgan fingerprint density at radius 1 is 1.38 bits per heavy atom. The summed E-state index contributed by atoms with van der Waals surface area (Å²) < 4.78 is 47.2. The fourth-order valence-electron chi connectivity index (χ4n) is 2.13. The molecule has 0 radical (unpaired) electrons. The maximum absolute atomic E-state index is 12.3. The molecule has 1 heterocycles. The fraction of sp³-hybridized carbons (Fsp3) is 0.500. The van der Waals surface area contributed by atoms with Crippen LogP contribution in [0.15, 0.2) is 18.2 Å². The minimum atomic E-state index is -4.54. The predicted molar refractivity (Wildman–Crippen MR) is 79.3 cm³/mol. The van der Waals surface area contributed by atoms with Crippen molar-refractivity contribution in [2.45, 2.75) is 17.9 Å². The van der Waals surface area contributed by atoms with Crippen molar-refractivity contribution in [2.75, 3.05) is 26.3 Å². The Labute approximate surface area is 142 Å². The van der Waals surface area contributed by atoms with Crippen molar-refractivity contribution in [2.24, 2.45) is 0 Å². The molecule has 0 aliphatic carbocycles. The van der Waals surface area contributed by atoms with Gasteiger partial charge in [0.1, 0.15) is 11.7 Å². The number of aliphatic hydroxyl groups excluding tert-OH is 1. The van der Waals surface area contributed by atoms with Crippen LogP contribution in [0.3, 0.4) is 0 Å². The van der Waals surface area contributed by atoms with E-state index in [9.17, 15) is 23.4 Å². The third-order valence-corrected chi connectivity index (χ3v) is 3.37. The van der Waals surface area contributed by atoms with Gasteiger partial charge in [0.2, 0.25) is 0 Å². The molecule has 0 bridgehead atoms. The number of benzene rings is 1. The van der Waals surface area contributed by atoms with E-state index in [-0.39, 0.29) is 42.6 Å². The van der Waals surface area contributed by atoms with Crippen molar-refractivity contribution in [3.63, 3.8) is 0 Å². The number of nitrogens with zero attached hydrogens (tertiary/aromatic N) is 1. The minimum Gasteiger partial charge on any atom is -0.482 e. The maximum atomic E-state index is 12.3. The molecule has 134 valence electrons. The highest BCUT2D eigenvalue weighted by Crippen LogP contribution is 2.33. The Balaban J connectivity index is 0.00000288. The molecule has 1 fully saturated rings. The molecule has 2 atom stereocenters. The topological polar surface area (TPSA) is 94.7 Å². The standard InChI is InChI=1S/C14H15F3N2O4.ClH/c15-14(16,17)8-22-11-3-9(4-18)1-2-10(11)23-12-5-19-6-13(12,21)7-20;/h1-3,12,19-21H,5-8H2;1H/t12-,13+;/m0./s1. The molecule has 6 nitrogen and oxygen atoms in total. The Morgan fingerprint density at radius 3 is 2.67 bits per heavy atom. The lowest BCUT2D eigenvalue weighted by molar-refractivity contribution is -0.153.